The summed E-state index contributed by atoms with van der Waals surface area (Å²) < 4.78 is 24.3. The first-order valence-corrected chi connectivity index (χ1v) is 10.0. The van der Waals surface area contributed by atoms with Gasteiger partial charge in [0.2, 0.25) is 10.0 Å². The number of primary sulfonamides is 1. The lowest BCUT2D eigenvalue weighted by Crippen LogP contribution is -2.28. The molecule has 0 amide bonds. The second kappa shape index (κ2) is 5.54. The van der Waals surface area contributed by atoms with Crippen molar-refractivity contribution in [1.29, 1.82) is 0 Å². The van der Waals surface area contributed by atoms with Gasteiger partial charge in [-0.3, -0.25) is 0 Å². The lowest BCUT2D eigenvalue weighted by molar-refractivity contribution is 0.597. The zero-order chi connectivity index (χ0) is 16.9. The molecule has 0 bridgehead atoms. The standard InChI is InChI=1S/C17H17N3O2S2/c1-11-8-12-9-13(24(18,21)22)6-7-15(12)20(11)10-17-19-14-4-2-3-5-16(14)23-17/h2-7,9,11H,8,10H2,1H3,(H2,18,21,22). The number of para-hydroxylation sites is 1. The zero-order valence-electron chi connectivity index (χ0n) is 13.1. The number of thiazole rings is 1. The fourth-order valence-electron chi connectivity index (χ4n) is 3.22. The molecule has 1 aromatic heterocycles. The van der Waals surface area contributed by atoms with E-state index in [9.17, 15) is 8.42 Å². The van der Waals surface area contributed by atoms with Gasteiger partial charge in [-0.1, -0.05) is 12.1 Å². The van der Waals surface area contributed by atoms with Gasteiger partial charge >= 0.3 is 0 Å². The molecular formula is C17H17N3O2S2. The lowest BCUT2D eigenvalue weighted by Gasteiger charge is -2.23. The highest BCUT2D eigenvalue weighted by molar-refractivity contribution is 7.89. The number of nitrogens with two attached hydrogens (primary N) is 1. The zero-order valence-corrected chi connectivity index (χ0v) is 14.8. The topological polar surface area (TPSA) is 76.3 Å². The number of fused-ring (bicyclic) bond motifs is 2. The van der Waals surface area contributed by atoms with Crippen molar-refractivity contribution in [3.63, 3.8) is 0 Å². The normalized spacial score (nSPS) is 17.4. The highest BCUT2D eigenvalue weighted by Crippen LogP contribution is 2.35. The maximum absolute atomic E-state index is 11.5. The summed E-state index contributed by atoms with van der Waals surface area (Å²) in [4.78, 5) is 7.16. The van der Waals surface area contributed by atoms with Crippen LogP contribution in [0.25, 0.3) is 10.2 Å². The molecule has 2 N–H and O–H groups in total. The molecule has 0 radical (unpaired) electrons. The first-order valence-electron chi connectivity index (χ1n) is 7.68. The Hall–Kier alpha value is -1.96. The van der Waals surface area contributed by atoms with Crippen LogP contribution in [0.15, 0.2) is 47.4 Å². The van der Waals surface area contributed by atoms with Crippen molar-refractivity contribution in [1.82, 2.24) is 4.98 Å². The number of sulfonamides is 1. The lowest BCUT2D eigenvalue weighted by atomic mass is 10.1. The van der Waals surface area contributed by atoms with Gasteiger partial charge in [0.05, 0.1) is 21.7 Å². The Morgan fingerprint density at radius 3 is 2.83 bits per heavy atom. The second-order valence-corrected chi connectivity index (χ2v) is 8.77. The third-order valence-corrected chi connectivity index (χ3v) is 6.31. The van der Waals surface area contributed by atoms with Crippen LogP contribution < -0.4 is 10.0 Å². The third kappa shape index (κ3) is 2.68. The quantitative estimate of drug-likeness (QED) is 0.780. The van der Waals surface area contributed by atoms with E-state index in [1.165, 1.54) is 4.70 Å². The second-order valence-electron chi connectivity index (χ2n) is 6.09. The Bertz CT molecular complexity index is 994. The van der Waals surface area contributed by atoms with E-state index in [0.717, 1.165) is 34.7 Å². The number of hydrogen-bond donors (Lipinski definition) is 1. The number of nitrogens with zero attached hydrogens (tertiary/aromatic N) is 2. The van der Waals surface area contributed by atoms with Crippen LogP contribution >= 0.6 is 11.3 Å². The molecule has 0 aliphatic carbocycles. The Labute approximate surface area is 144 Å². The molecule has 124 valence electrons. The van der Waals surface area contributed by atoms with E-state index in [4.69, 9.17) is 10.1 Å². The average Bonchev–Trinajstić information content (AvgIpc) is 3.07. The van der Waals surface area contributed by atoms with Crippen molar-refractivity contribution in [2.24, 2.45) is 5.14 Å². The van der Waals surface area contributed by atoms with Crippen molar-refractivity contribution >= 4 is 37.3 Å². The SMILES string of the molecule is CC1Cc2cc(S(N)(=O)=O)ccc2N1Cc1nc2ccccc2s1. The van der Waals surface area contributed by atoms with Crippen LogP contribution in [-0.4, -0.2) is 19.4 Å². The molecule has 3 aromatic rings. The van der Waals surface area contributed by atoms with Crippen LogP contribution in [-0.2, 0) is 23.0 Å². The molecule has 2 aromatic carbocycles. The minimum Gasteiger partial charge on any atom is -0.362 e. The van der Waals surface area contributed by atoms with E-state index in [-0.39, 0.29) is 4.90 Å². The van der Waals surface area contributed by atoms with E-state index >= 15 is 0 Å². The maximum Gasteiger partial charge on any atom is 0.238 e. The summed E-state index contributed by atoms with van der Waals surface area (Å²) in [6.45, 7) is 2.87. The van der Waals surface area contributed by atoms with Crippen LogP contribution in [0.1, 0.15) is 17.5 Å². The van der Waals surface area contributed by atoms with Gasteiger partial charge in [0, 0.05) is 11.7 Å². The van der Waals surface area contributed by atoms with Crippen molar-refractivity contribution in [3.8, 4) is 0 Å². The summed E-state index contributed by atoms with van der Waals surface area (Å²) in [6, 6.07) is 13.5. The Kier molecular flexibility index (Phi) is 3.59. The number of hydrogen-bond acceptors (Lipinski definition) is 5. The van der Waals surface area contributed by atoms with Gasteiger partial charge in [-0.15, -0.1) is 11.3 Å². The van der Waals surface area contributed by atoms with Gasteiger partial charge in [0.25, 0.3) is 0 Å². The average molecular weight is 359 g/mol. The van der Waals surface area contributed by atoms with Gasteiger partial charge < -0.3 is 4.90 Å². The minimum atomic E-state index is -3.66. The Morgan fingerprint density at radius 1 is 1.29 bits per heavy atom. The van der Waals surface area contributed by atoms with E-state index in [2.05, 4.69) is 17.9 Å². The first-order chi connectivity index (χ1) is 11.4. The molecule has 0 spiro atoms. The van der Waals surface area contributed by atoms with Gasteiger partial charge in [-0.2, -0.15) is 0 Å². The molecule has 24 heavy (non-hydrogen) atoms. The van der Waals surface area contributed by atoms with Gasteiger partial charge in [-0.05, 0) is 49.2 Å². The molecule has 0 saturated carbocycles. The summed E-state index contributed by atoms with van der Waals surface area (Å²) in [5.74, 6) is 0. The van der Waals surface area contributed by atoms with Gasteiger partial charge in [0.15, 0.2) is 0 Å². The van der Waals surface area contributed by atoms with E-state index in [1.54, 1.807) is 23.5 Å². The van der Waals surface area contributed by atoms with Crippen molar-refractivity contribution in [2.45, 2.75) is 30.8 Å². The summed E-state index contributed by atoms with van der Waals surface area (Å²) in [5.41, 5.74) is 3.11. The number of benzene rings is 2. The summed E-state index contributed by atoms with van der Waals surface area (Å²) in [7, 11) is -3.66. The highest BCUT2D eigenvalue weighted by atomic mass is 32.2. The van der Waals surface area contributed by atoms with Gasteiger partial charge in [0.1, 0.15) is 5.01 Å². The Morgan fingerprint density at radius 2 is 2.08 bits per heavy atom. The van der Waals surface area contributed by atoms with E-state index in [1.807, 2.05) is 24.3 Å². The molecular weight excluding hydrogens is 342 g/mol. The largest absolute Gasteiger partial charge is 0.362 e. The van der Waals surface area contributed by atoms with Crippen LogP contribution in [0.4, 0.5) is 5.69 Å². The number of anilines is 1. The monoisotopic (exact) mass is 359 g/mol. The van der Waals surface area contributed by atoms with E-state index < -0.39 is 10.0 Å². The predicted molar refractivity (Wildman–Crippen MR) is 96.8 cm³/mol. The minimum absolute atomic E-state index is 0.176. The molecule has 2 heterocycles. The summed E-state index contributed by atoms with van der Waals surface area (Å²) in [6.07, 6.45) is 0.809. The molecule has 1 atom stereocenters. The van der Waals surface area contributed by atoms with Crippen molar-refractivity contribution < 1.29 is 8.42 Å². The first kappa shape index (κ1) is 15.6. The number of rotatable bonds is 3. The highest BCUT2D eigenvalue weighted by Gasteiger charge is 2.28. The summed E-state index contributed by atoms with van der Waals surface area (Å²) in [5, 5.41) is 6.30. The molecule has 7 heteroatoms. The predicted octanol–water partition coefficient (Wildman–Crippen LogP) is 2.89. The molecule has 4 rings (SSSR count). The smallest absolute Gasteiger partial charge is 0.238 e. The van der Waals surface area contributed by atoms with Crippen LogP contribution in [0.3, 0.4) is 0 Å². The van der Waals surface area contributed by atoms with Crippen molar-refractivity contribution in [2.75, 3.05) is 4.90 Å². The fourth-order valence-corrected chi connectivity index (χ4v) is 4.75. The van der Waals surface area contributed by atoms with Crippen molar-refractivity contribution in [3.05, 3.63) is 53.0 Å². The maximum atomic E-state index is 11.5. The molecule has 5 nitrogen and oxygen atoms in total. The van der Waals surface area contributed by atoms with Crippen LogP contribution in [0.2, 0.25) is 0 Å². The Balaban J connectivity index is 1.68. The van der Waals surface area contributed by atoms with Crippen LogP contribution in [0, 0.1) is 0 Å². The molecule has 1 aliphatic rings. The molecule has 0 saturated heterocycles. The van der Waals surface area contributed by atoms with E-state index in [0.29, 0.717) is 6.04 Å². The molecule has 0 fully saturated rings. The summed E-state index contributed by atoms with van der Waals surface area (Å²) >= 11 is 1.70. The molecule has 1 unspecified atom stereocenters. The fraction of sp³-hybridized carbons (Fsp3) is 0.235. The third-order valence-electron chi connectivity index (χ3n) is 4.38. The van der Waals surface area contributed by atoms with Crippen LogP contribution in [0.5, 0.6) is 0 Å². The van der Waals surface area contributed by atoms with Gasteiger partial charge in [-0.25, -0.2) is 18.5 Å². The molecule has 1 aliphatic heterocycles. The number of aromatic nitrogens is 1.